The van der Waals surface area contributed by atoms with E-state index in [1.807, 2.05) is 44.2 Å². The number of aromatic nitrogens is 3. The van der Waals surface area contributed by atoms with Gasteiger partial charge in [0, 0.05) is 30.7 Å². The molecule has 0 bridgehead atoms. The molecule has 1 amide bonds. The third-order valence-corrected chi connectivity index (χ3v) is 3.93. The minimum Gasteiger partial charge on any atom is -0.366 e. The number of carbonyl (C=O) groups excluding carboxylic acids is 1. The van der Waals surface area contributed by atoms with Crippen LogP contribution in [0, 0.1) is 20.8 Å². The summed E-state index contributed by atoms with van der Waals surface area (Å²) in [5.41, 5.74) is 4.29. The van der Waals surface area contributed by atoms with Crippen LogP contribution in [-0.4, -0.2) is 20.9 Å². The molecular formula is C20H21N5O. The van der Waals surface area contributed by atoms with E-state index in [0.717, 1.165) is 22.4 Å². The van der Waals surface area contributed by atoms with Crippen molar-refractivity contribution in [3.63, 3.8) is 0 Å². The van der Waals surface area contributed by atoms with Crippen LogP contribution < -0.4 is 10.6 Å². The molecule has 6 nitrogen and oxygen atoms in total. The van der Waals surface area contributed by atoms with Crippen LogP contribution >= 0.6 is 0 Å². The molecule has 0 radical (unpaired) electrons. The van der Waals surface area contributed by atoms with Crippen LogP contribution in [-0.2, 0) is 6.54 Å². The molecule has 0 saturated heterocycles. The maximum Gasteiger partial charge on any atom is 0.274 e. The van der Waals surface area contributed by atoms with E-state index in [4.69, 9.17) is 0 Å². The van der Waals surface area contributed by atoms with Crippen molar-refractivity contribution in [1.29, 1.82) is 0 Å². The van der Waals surface area contributed by atoms with Crippen molar-refractivity contribution in [3.05, 3.63) is 77.0 Å². The molecule has 3 rings (SSSR count). The highest BCUT2D eigenvalue weighted by Gasteiger charge is 2.12. The maximum absolute atomic E-state index is 12.6. The van der Waals surface area contributed by atoms with Gasteiger partial charge in [-0.15, -0.1) is 0 Å². The van der Waals surface area contributed by atoms with Crippen molar-refractivity contribution in [2.75, 3.05) is 10.6 Å². The SMILES string of the molecule is Cc1ccc(C)c(NC(=O)c2cc(NCc3ccncc3)nc(C)n2)c1. The quantitative estimate of drug-likeness (QED) is 0.736. The molecule has 0 atom stereocenters. The Labute approximate surface area is 152 Å². The monoisotopic (exact) mass is 347 g/mol. The molecule has 0 aliphatic heterocycles. The summed E-state index contributed by atoms with van der Waals surface area (Å²) in [4.78, 5) is 25.2. The molecule has 26 heavy (non-hydrogen) atoms. The van der Waals surface area contributed by atoms with Crippen molar-refractivity contribution in [2.24, 2.45) is 0 Å². The molecule has 0 saturated carbocycles. The summed E-state index contributed by atoms with van der Waals surface area (Å²) in [7, 11) is 0. The number of hydrogen-bond acceptors (Lipinski definition) is 5. The highest BCUT2D eigenvalue weighted by atomic mass is 16.1. The Hall–Kier alpha value is -3.28. The zero-order valence-corrected chi connectivity index (χ0v) is 15.1. The number of rotatable bonds is 5. The topological polar surface area (TPSA) is 79.8 Å². The second-order valence-electron chi connectivity index (χ2n) is 6.17. The summed E-state index contributed by atoms with van der Waals surface area (Å²) in [6, 6.07) is 11.5. The average molecular weight is 347 g/mol. The minimum absolute atomic E-state index is 0.254. The Morgan fingerprint density at radius 2 is 1.77 bits per heavy atom. The van der Waals surface area contributed by atoms with Crippen LogP contribution in [0.4, 0.5) is 11.5 Å². The van der Waals surface area contributed by atoms with E-state index in [2.05, 4.69) is 25.6 Å². The predicted octanol–water partition coefficient (Wildman–Crippen LogP) is 3.66. The van der Waals surface area contributed by atoms with Crippen LogP contribution in [0.3, 0.4) is 0 Å². The Balaban J connectivity index is 1.76. The van der Waals surface area contributed by atoms with Gasteiger partial charge in [0.1, 0.15) is 17.3 Å². The zero-order valence-electron chi connectivity index (χ0n) is 15.1. The molecule has 0 unspecified atom stereocenters. The van der Waals surface area contributed by atoms with Crippen molar-refractivity contribution in [3.8, 4) is 0 Å². The van der Waals surface area contributed by atoms with Gasteiger partial charge < -0.3 is 10.6 Å². The minimum atomic E-state index is -0.254. The van der Waals surface area contributed by atoms with Gasteiger partial charge in [-0.3, -0.25) is 9.78 Å². The second kappa shape index (κ2) is 7.74. The molecule has 2 aromatic heterocycles. The molecule has 2 N–H and O–H groups in total. The van der Waals surface area contributed by atoms with Gasteiger partial charge in [-0.05, 0) is 55.7 Å². The van der Waals surface area contributed by atoms with E-state index in [1.165, 1.54) is 0 Å². The predicted molar refractivity (Wildman–Crippen MR) is 102 cm³/mol. The van der Waals surface area contributed by atoms with Crippen molar-refractivity contribution < 1.29 is 4.79 Å². The van der Waals surface area contributed by atoms with Crippen molar-refractivity contribution in [2.45, 2.75) is 27.3 Å². The molecule has 0 aliphatic carbocycles. The molecular weight excluding hydrogens is 326 g/mol. The standard InChI is InChI=1S/C20H21N5O/c1-13-4-5-14(2)17(10-13)25-20(26)18-11-19(24-15(3)23-18)22-12-16-6-8-21-9-7-16/h4-11H,12H2,1-3H3,(H,25,26)(H,22,23,24). The lowest BCUT2D eigenvalue weighted by Crippen LogP contribution is -2.16. The molecule has 1 aromatic carbocycles. The lowest BCUT2D eigenvalue weighted by atomic mass is 10.1. The highest BCUT2D eigenvalue weighted by Crippen LogP contribution is 2.18. The van der Waals surface area contributed by atoms with Crippen LogP contribution in [0.1, 0.15) is 33.0 Å². The van der Waals surface area contributed by atoms with Crippen LogP contribution in [0.5, 0.6) is 0 Å². The van der Waals surface area contributed by atoms with E-state index in [1.54, 1.807) is 25.4 Å². The summed E-state index contributed by atoms with van der Waals surface area (Å²) in [6.07, 6.45) is 3.48. The van der Waals surface area contributed by atoms with E-state index >= 15 is 0 Å². The van der Waals surface area contributed by atoms with Gasteiger partial charge in [0.2, 0.25) is 0 Å². The summed E-state index contributed by atoms with van der Waals surface area (Å²) < 4.78 is 0. The maximum atomic E-state index is 12.6. The van der Waals surface area contributed by atoms with Gasteiger partial charge in [0.15, 0.2) is 0 Å². The van der Waals surface area contributed by atoms with Crippen molar-refractivity contribution >= 4 is 17.4 Å². The fourth-order valence-corrected chi connectivity index (χ4v) is 2.52. The van der Waals surface area contributed by atoms with Crippen molar-refractivity contribution in [1.82, 2.24) is 15.0 Å². The largest absolute Gasteiger partial charge is 0.366 e. The van der Waals surface area contributed by atoms with Gasteiger partial charge in [-0.1, -0.05) is 12.1 Å². The molecule has 0 spiro atoms. The fourth-order valence-electron chi connectivity index (χ4n) is 2.52. The number of amides is 1. The molecule has 3 aromatic rings. The number of anilines is 2. The third-order valence-electron chi connectivity index (χ3n) is 3.93. The fraction of sp³-hybridized carbons (Fsp3) is 0.200. The molecule has 0 fully saturated rings. The number of benzene rings is 1. The normalized spacial score (nSPS) is 10.4. The van der Waals surface area contributed by atoms with Crippen LogP contribution in [0.15, 0.2) is 48.8 Å². The van der Waals surface area contributed by atoms with Gasteiger partial charge in [-0.25, -0.2) is 9.97 Å². The number of nitrogens with zero attached hydrogens (tertiary/aromatic N) is 3. The summed E-state index contributed by atoms with van der Waals surface area (Å²) in [5.74, 6) is 0.896. The van der Waals surface area contributed by atoms with Crippen LogP contribution in [0.25, 0.3) is 0 Å². The number of aryl methyl sites for hydroxylation is 3. The summed E-state index contributed by atoms with van der Waals surface area (Å²) in [6.45, 7) is 6.32. The molecule has 6 heteroatoms. The molecule has 2 heterocycles. The Kier molecular flexibility index (Phi) is 5.22. The summed E-state index contributed by atoms with van der Waals surface area (Å²) in [5, 5.41) is 6.15. The molecule has 0 aliphatic rings. The lowest BCUT2D eigenvalue weighted by molar-refractivity contribution is 0.102. The first kappa shape index (κ1) is 17.5. The number of hydrogen-bond donors (Lipinski definition) is 2. The smallest absolute Gasteiger partial charge is 0.274 e. The number of nitrogens with one attached hydrogen (secondary N) is 2. The third kappa shape index (κ3) is 4.42. The number of carbonyl (C=O) groups is 1. The van der Waals surface area contributed by atoms with E-state index < -0.39 is 0 Å². The summed E-state index contributed by atoms with van der Waals surface area (Å²) >= 11 is 0. The zero-order chi connectivity index (χ0) is 18.5. The Bertz CT molecular complexity index is 925. The Morgan fingerprint density at radius 3 is 2.54 bits per heavy atom. The van der Waals surface area contributed by atoms with E-state index in [-0.39, 0.29) is 5.91 Å². The number of pyridine rings is 1. The lowest BCUT2D eigenvalue weighted by Gasteiger charge is -2.11. The average Bonchev–Trinajstić information content (AvgIpc) is 2.63. The van der Waals surface area contributed by atoms with Gasteiger partial charge in [-0.2, -0.15) is 0 Å². The first-order valence-corrected chi connectivity index (χ1v) is 8.38. The first-order chi connectivity index (χ1) is 12.5. The van der Waals surface area contributed by atoms with Gasteiger partial charge >= 0.3 is 0 Å². The molecule has 132 valence electrons. The highest BCUT2D eigenvalue weighted by molar-refractivity contribution is 6.03. The van der Waals surface area contributed by atoms with E-state index in [9.17, 15) is 4.79 Å². The van der Waals surface area contributed by atoms with E-state index in [0.29, 0.717) is 23.9 Å². The van der Waals surface area contributed by atoms with Gasteiger partial charge in [0.25, 0.3) is 5.91 Å². The first-order valence-electron chi connectivity index (χ1n) is 8.38. The van der Waals surface area contributed by atoms with Crippen LogP contribution in [0.2, 0.25) is 0 Å². The Morgan fingerprint density at radius 1 is 1.00 bits per heavy atom. The second-order valence-corrected chi connectivity index (χ2v) is 6.17. The van der Waals surface area contributed by atoms with Gasteiger partial charge in [0.05, 0.1) is 0 Å².